The molecule has 0 amide bonds. The van der Waals surface area contributed by atoms with E-state index in [0.717, 1.165) is 30.5 Å². The summed E-state index contributed by atoms with van der Waals surface area (Å²) in [7, 11) is 0. The quantitative estimate of drug-likeness (QED) is 0.879. The third-order valence-corrected chi connectivity index (χ3v) is 4.11. The van der Waals surface area contributed by atoms with Crippen molar-refractivity contribution in [3.05, 3.63) is 36.1 Å². The lowest BCUT2D eigenvalue weighted by molar-refractivity contribution is 0.470. The highest BCUT2D eigenvalue weighted by Crippen LogP contribution is 2.29. The van der Waals surface area contributed by atoms with E-state index in [-0.39, 0.29) is 0 Å². The van der Waals surface area contributed by atoms with Crippen LogP contribution in [0.2, 0.25) is 0 Å². The third-order valence-electron chi connectivity index (χ3n) is 4.11. The maximum absolute atomic E-state index is 5.55. The maximum atomic E-state index is 5.55. The van der Waals surface area contributed by atoms with Crippen molar-refractivity contribution in [2.45, 2.75) is 32.7 Å². The van der Waals surface area contributed by atoms with Gasteiger partial charge in [-0.15, -0.1) is 0 Å². The van der Waals surface area contributed by atoms with Gasteiger partial charge in [0, 0.05) is 17.5 Å². The zero-order valence-corrected chi connectivity index (χ0v) is 11.0. The van der Waals surface area contributed by atoms with E-state index < -0.39 is 0 Å². The summed E-state index contributed by atoms with van der Waals surface area (Å²) in [5, 5.41) is 4.82. The molecule has 2 nitrogen and oxygen atoms in total. The summed E-state index contributed by atoms with van der Waals surface area (Å²) in [5.41, 5.74) is 2.26. The van der Waals surface area contributed by atoms with Gasteiger partial charge in [-0.2, -0.15) is 0 Å². The van der Waals surface area contributed by atoms with Crippen LogP contribution in [-0.4, -0.2) is 6.54 Å². The number of rotatable bonds is 4. The Morgan fingerprint density at radius 2 is 2.17 bits per heavy atom. The fourth-order valence-electron chi connectivity index (χ4n) is 3.09. The van der Waals surface area contributed by atoms with E-state index in [2.05, 4.69) is 24.4 Å². The van der Waals surface area contributed by atoms with Crippen LogP contribution in [0.3, 0.4) is 0 Å². The highest BCUT2D eigenvalue weighted by molar-refractivity contribution is 5.80. The Balaban J connectivity index is 1.57. The van der Waals surface area contributed by atoms with Crippen molar-refractivity contribution in [3.63, 3.8) is 0 Å². The molecule has 1 aromatic heterocycles. The van der Waals surface area contributed by atoms with Gasteiger partial charge in [-0.05, 0) is 37.3 Å². The lowest BCUT2D eigenvalue weighted by Crippen LogP contribution is -2.20. The average molecular weight is 243 g/mol. The Kier molecular flexibility index (Phi) is 3.37. The van der Waals surface area contributed by atoms with Crippen LogP contribution >= 0.6 is 0 Å². The molecule has 2 unspecified atom stereocenters. The van der Waals surface area contributed by atoms with Gasteiger partial charge in [0.15, 0.2) is 0 Å². The molecule has 1 aromatic carbocycles. The molecule has 0 bridgehead atoms. The number of hydrogen-bond donors (Lipinski definition) is 1. The van der Waals surface area contributed by atoms with Crippen molar-refractivity contribution >= 4 is 11.0 Å². The van der Waals surface area contributed by atoms with Gasteiger partial charge in [0.25, 0.3) is 0 Å². The van der Waals surface area contributed by atoms with Crippen LogP contribution in [0.25, 0.3) is 11.0 Å². The second-order valence-electron chi connectivity index (χ2n) is 5.67. The molecule has 1 saturated carbocycles. The van der Waals surface area contributed by atoms with Gasteiger partial charge in [0.1, 0.15) is 5.58 Å². The van der Waals surface area contributed by atoms with Crippen LogP contribution in [0.4, 0.5) is 0 Å². The first-order valence-corrected chi connectivity index (χ1v) is 6.99. The zero-order valence-electron chi connectivity index (χ0n) is 11.0. The zero-order chi connectivity index (χ0) is 12.4. The fourth-order valence-corrected chi connectivity index (χ4v) is 3.09. The molecule has 2 aromatic rings. The molecule has 0 saturated heterocycles. The topological polar surface area (TPSA) is 25.2 Å². The highest BCUT2D eigenvalue weighted by atomic mass is 16.3. The number of benzene rings is 1. The molecule has 1 N–H and O–H groups in total. The Labute approximate surface area is 108 Å². The number of nitrogens with one attached hydrogen (secondary N) is 1. The van der Waals surface area contributed by atoms with Crippen LogP contribution in [-0.2, 0) is 6.54 Å². The van der Waals surface area contributed by atoms with Crippen LogP contribution in [0, 0.1) is 11.8 Å². The largest absolute Gasteiger partial charge is 0.464 e. The molecule has 2 heteroatoms. The summed E-state index contributed by atoms with van der Waals surface area (Å²) in [6.45, 7) is 4.43. The van der Waals surface area contributed by atoms with Crippen molar-refractivity contribution in [2.75, 3.05) is 6.54 Å². The highest BCUT2D eigenvalue weighted by Gasteiger charge is 2.20. The molecule has 0 aliphatic heterocycles. The molecule has 1 aliphatic carbocycles. The van der Waals surface area contributed by atoms with E-state index >= 15 is 0 Å². The van der Waals surface area contributed by atoms with E-state index in [1.54, 1.807) is 0 Å². The molecule has 1 heterocycles. The van der Waals surface area contributed by atoms with Crippen LogP contribution in [0.15, 0.2) is 34.9 Å². The summed E-state index contributed by atoms with van der Waals surface area (Å²) >= 11 is 0. The van der Waals surface area contributed by atoms with E-state index in [4.69, 9.17) is 4.42 Å². The first-order valence-electron chi connectivity index (χ1n) is 6.99. The van der Waals surface area contributed by atoms with Crippen LogP contribution in [0.5, 0.6) is 0 Å². The first-order chi connectivity index (χ1) is 8.83. The van der Waals surface area contributed by atoms with E-state index in [1.807, 2.05) is 18.4 Å². The van der Waals surface area contributed by atoms with Gasteiger partial charge in [-0.25, -0.2) is 0 Å². The van der Waals surface area contributed by atoms with Crippen molar-refractivity contribution in [3.8, 4) is 0 Å². The monoisotopic (exact) mass is 243 g/mol. The molecular weight excluding hydrogens is 222 g/mol. The Morgan fingerprint density at radius 3 is 3.00 bits per heavy atom. The van der Waals surface area contributed by atoms with Crippen LogP contribution in [0.1, 0.15) is 31.7 Å². The SMILES string of the molecule is CC1CCC(CNCc2coc3ccccc23)C1. The molecule has 96 valence electrons. The fraction of sp³-hybridized carbons (Fsp3) is 0.500. The normalized spacial score (nSPS) is 23.8. The molecule has 1 fully saturated rings. The van der Waals surface area contributed by atoms with E-state index in [1.165, 1.54) is 30.2 Å². The molecule has 0 spiro atoms. The molecular formula is C16H21NO. The number of fused-ring (bicyclic) bond motifs is 1. The Morgan fingerprint density at radius 1 is 1.28 bits per heavy atom. The minimum Gasteiger partial charge on any atom is -0.464 e. The smallest absolute Gasteiger partial charge is 0.134 e. The minimum absolute atomic E-state index is 0.873. The van der Waals surface area contributed by atoms with E-state index in [0.29, 0.717) is 0 Å². The minimum atomic E-state index is 0.873. The summed E-state index contributed by atoms with van der Waals surface area (Å²) < 4.78 is 5.55. The summed E-state index contributed by atoms with van der Waals surface area (Å²) in [6, 6.07) is 8.24. The van der Waals surface area contributed by atoms with Gasteiger partial charge in [-0.3, -0.25) is 0 Å². The van der Waals surface area contributed by atoms with E-state index in [9.17, 15) is 0 Å². The standard InChI is InChI=1S/C16H21NO/c1-12-6-7-13(8-12)9-17-10-14-11-18-16-5-3-2-4-15(14)16/h2-5,11-13,17H,6-10H2,1H3. The molecule has 3 rings (SSSR count). The first kappa shape index (κ1) is 11.8. The van der Waals surface area contributed by atoms with Crippen molar-refractivity contribution < 1.29 is 4.42 Å². The van der Waals surface area contributed by atoms with Crippen molar-refractivity contribution in [1.29, 1.82) is 0 Å². The van der Waals surface area contributed by atoms with Gasteiger partial charge < -0.3 is 9.73 Å². The summed E-state index contributed by atoms with van der Waals surface area (Å²) in [4.78, 5) is 0. The Hall–Kier alpha value is -1.28. The van der Waals surface area contributed by atoms with Crippen molar-refractivity contribution in [2.24, 2.45) is 11.8 Å². The maximum Gasteiger partial charge on any atom is 0.134 e. The van der Waals surface area contributed by atoms with Gasteiger partial charge >= 0.3 is 0 Å². The molecule has 1 aliphatic rings. The van der Waals surface area contributed by atoms with Crippen LogP contribution < -0.4 is 5.32 Å². The number of hydrogen-bond acceptors (Lipinski definition) is 2. The lowest BCUT2D eigenvalue weighted by Gasteiger charge is -2.10. The number of para-hydroxylation sites is 1. The van der Waals surface area contributed by atoms with Gasteiger partial charge in [-0.1, -0.05) is 31.5 Å². The molecule has 0 radical (unpaired) electrons. The van der Waals surface area contributed by atoms with Gasteiger partial charge in [0.05, 0.1) is 6.26 Å². The summed E-state index contributed by atoms with van der Waals surface area (Å²) in [5.74, 6) is 1.80. The summed E-state index contributed by atoms with van der Waals surface area (Å²) in [6.07, 6.45) is 6.06. The molecule has 18 heavy (non-hydrogen) atoms. The second-order valence-corrected chi connectivity index (χ2v) is 5.67. The lowest BCUT2D eigenvalue weighted by atomic mass is 10.1. The second kappa shape index (κ2) is 5.15. The van der Waals surface area contributed by atoms with Gasteiger partial charge in [0.2, 0.25) is 0 Å². The third kappa shape index (κ3) is 2.44. The Bertz CT molecular complexity index is 517. The molecule has 2 atom stereocenters. The number of furan rings is 1. The predicted octanol–water partition coefficient (Wildman–Crippen LogP) is 3.96. The van der Waals surface area contributed by atoms with Crippen molar-refractivity contribution in [1.82, 2.24) is 5.32 Å². The average Bonchev–Trinajstić information content (AvgIpc) is 2.97. The predicted molar refractivity (Wildman–Crippen MR) is 74.4 cm³/mol.